The number of benzene rings is 1. The average Bonchev–Trinajstić information content (AvgIpc) is 3.55. The minimum atomic E-state index is -2.82. The van der Waals surface area contributed by atoms with E-state index < -0.39 is 6.61 Å². The first-order chi connectivity index (χ1) is 16.4. The molecule has 1 fully saturated rings. The smallest absolute Gasteiger partial charge is 0.345 e. The summed E-state index contributed by atoms with van der Waals surface area (Å²) in [6, 6.07) is 3.59. The molecule has 0 spiro atoms. The molecule has 4 aromatic rings. The van der Waals surface area contributed by atoms with Crippen LogP contribution in [-0.4, -0.2) is 40.0 Å². The van der Waals surface area contributed by atoms with E-state index in [1.807, 2.05) is 32.9 Å². The Morgan fingerprint density at radius 1 is 1.18 bits per heavy atom. The predicted molar refractivity (Wildman–Crippen MR) is 124 cm³/mol. The largest absolute Gasteiger partial charge is 0.496 e. The van der Waals surface area contributed by atoms with Crippen LogP contribution in [0.25, 0.3) is 33.1 Å². The Labute approximate surface area is 196 Å². The van der Waals surface area contributed by atoms with E-state index >= 15 is 0 Å². The molecule has 0 unspecified atom stereocenters. The number of ether oxygens (including phenoxy) is 2. The Morgan fingerprint density at radius 2 is 1.94 bits per heavy atom. The quantitative estimate of drug-likeness (QED) is 0.314. The van der Waals surface area contributed by atoms with Gasteiger partial charge in [-0.3, -0.25) is 4.98 Å². The van der Waals surface area contributed by atoms with E-state index in [-0.39, 0.29) is 12.6 Å². The first-order valence-corrected chi connectivity index (χ1v) is 11.6. The number of methoxy groups -OCH3 is 1. The van der Waals surface area contributed by atoms with Crippen LogP contribution in [0.4, 0.5) is 8.78 Å². The molecule has 34 heavy (non-hydrogen) atoms. The van der Waals surface area contributed by atoms with Gasteiger partial charge in [-0.2, -0.15) is 8.78 Å². The minimum Gasteiger partial charge on any atom is -0.496 e. The van der Waals surface area contributed by atoms with Crippen LogP contribution < -0.4 is 4.74 Å². The number of hydrogen-bond acceptors (Lipinski definition) is 6. The standard InChI is InChI=1S/C25H28F2N4O3/c1-13(12-33-25(26)27)31-23-17-10-21(32-4)18(22-14(2)30-34-15(22)3)9-19(17)28-11-20(23)29-24(31)16-7-5-6-8-16/h9-11,13,16,25H,5-8,12H2,1-4H3/t13-/m1/s1. The summed E-state index contributed by atoms with van der Waals surface area (Å²) < 4.78 is 43.6. The molecule has 7 nitrogen and oxygen atoms in total. The Morgan fingerprint density at radius 3 is 2.59 bits per heavy atom. The lowest BCUT2D eigenvalue weighted by atomic mass is 10.0. The number of hydrogen-bond donors (Lipinski definition) is 0. The van der Waals surface area contributed by atoms with Crippen molar-refractivity contribution in [2.45, 2.75) is 65.0 Å². The highest BCUT2D eigenvalue weighted by molar-refractivity contribution is 6.05. The number of aryl methyl sites for hydroxylation is 2. The van der Waals surface area contributed by atoms with E-state index in [2.05, 4.69) is 9.72 Å². The zero-order valence-electron chi connectivity index (χ0n) is 19.8. The number of aromatic nitrogens is 4. The van der Waals surface area contributed by atoms with Gasteiger partial charge in [0.05, 0.1) is 48.2 Å². The van der Waals surface area contributed by atoms with Crippen LogP contribution in [0, 0.1) is 13.8 Å². The zero-order valence-corrected chi connectivity index (χ0v) is 19.8. The third kappa shape index (κ3) is 3.81. The summed E-state index contributed by atoms with van der Waals surface area (Å²) in [5, 5.41) is 4.93. The van der Waals surface area contributed by atoms with Gasteiger partial charge in [-0.25, -0.2) is 4.98 Å². The van der Waals surface area contributed by atoms with Crippen LogP contribution >= 0.6 is 0 Å². The van der Waals surface area contributed by atoms with E-state index in [9.17, 15) is 8.78 Å². The summed E-state index contributed by atoms with van der Waals surface area (Å²) in [5.74, 6) is 2.56. The number of nitrogens with zero attached hydrogens (tertiary/aromatic N) is 4. The molecular weight excluding hydrogens is 442 g/mol. The molecule has 180 valence electrons. The van der Waals surface area contributed by atoms with E-state index in [1.165, 1.54) is 0 Å². The van der Waals surface area contributed by atoms with Crippen molar-refractivity contribution in [3.05, 3.63) is 35.6 Å². The van der Waals surface area contributed by atoms with Gasteiger partial charge in [0.2, 0.25) is 0 Å². The highest BCUT2D eigenvalue weighted by Gasteiger charge is 2.28. The molecule has 3 heterocycles. The van der Waals surface area contributed by atoms with Gasteiger partial charge < -0.3 is 18.6 Å². The lowest BCUT2D eigenvalue weighted by Gasteiger charge is -2.21. The van der Waals surface area contributed by atoms with E-state index in [4.69, 9.17) is 24.0 Å². The molecule has 1 aromatic carbocycles. The van der Waals surface area contributed by atoms with Crippen LogP contribution in [0.3, 0.4) is 0 Å². The fourth-order valence-electron chi connectivity index (χ4n) is 5.26. The molecule has 1 aliphatic rings. The maximum atomic E-state index is 12.9. The number of halogens is 2. The summed E-state index contributed by atoms with van der Waals surface area (Å²) >= 11 is 0. The van der Waals surface area contributed by atoms with Crippen molar-refractivity contribution in [3.63, 3.8) is 0 Å². The zero-order chi connectivity index (χ0) is 24.0. The van der Waals surface area contributed by atoms with E-state index in [1.54, 1.807) is 13.3 Å². The molecule has 0 radical (unpaired) electrons. The van der Waals surface area contributed by atoms with Crippen LogP contribution in [-0.2, 0) is 4.74 Å². The van der Waals surface area contributed by atoms with Crippen molar-refractivity contribution < 1.29 is 22.8 Å². The molecule has 3 aromatic heterocycles. The highest BCUT2D eigenvalue weighted by atomic mass is 19.3. The molecule has 1 atom stereocenters. The lowest BCUT2D eigenvalue weighted by molar-refractivity contribution is -0.135. The second-order valence-electron chi connectivity index (χ2n) is 9.03. The van der Waals surface area contributed by atoms with Gasteiger partial charge in [-0.1, -0.05) is 18.0 Å². The van der Waals surface area contributed by atoms with Gasteiger partial charge in [-0.15, -0.1) is 0 Å². The van der Waals surface area contributed by atoms with Crippen LogP contribution in [0.2, 0.25) is 0 Å². The van der Waals surface area contributed by atoms with Gasteiger partial charge in [-0.05, 0) is 45.7 Å². The summed E-state index contributed by atoms with van der Waals surface area (Å²) in [4.78, 5) is 9.64. The lowest BCUT2D eigenvalue weighted by Crippen LogP contribution is -2.18. The van der Waals surface area contributed by atoms with Crippen molar-refractivity contribution in [2.24, 2.45) is 0 Å². The molecule has 1 saturated carbocycles. The van der Waals surface area contributed by atoms with Crippen LogP contribution in [0.15, 0.2) is 22.9 Å². The first-order valence-electron chi connectivity index (χ1n) is 11.6. The van der Waals surface area contributed by atoms with Crippen molar-refractivity contribution >= 4 is 21.9 Å². The Kier molecular flexibility index (Phi) is 5.97. The van der Waals surface area contributed by atoms with Crippen molar-refractivity contribution in [1.29, 1.82) is 0 Å². The van der Waals surface area contributed by atoms with Gasteiger partial charge in [0.1, 0.15) is 22.9 Å². The SMILES string of the molecule is COc1cc2c(cc1-c1c(C)noc1C)ncc1nc(C3CCCC3)n([C@H](C)COC(F)F)c12. The molecule has 0 saturated heterocycles. The number of rotatable bonds is 7. The van der Waals surface area contributed by atoms with Gasteiger partial charge in [0, 0.05) is 16.9 Å². The third-order valence-corrected chi connectivity index (χ3v) is 6.79. The fourth-order valence-corrected chi connectivity index (χ4v) is 5.26. The molecule has 0 N–H and O–H groups in total. The van der Waals surface area contributed by atoms with E-state index in [0.717, 1.165) is 70.3 Å². The first kappa shape index (κ1) is 22.7. The maximum Gasteiger partial charge on any atom is 0.345 e. The summed E-state index contributed by atoms with van der Waals surface area (Å²) in [6.07, 6.45) is 6.12. The van der Waals surface area contributed by atoms with Crippen molar-refractivity contribution in [1.82, 2.24) is 19.7 Å². The van der Waals surface area contributed by atoms with Crippen molar-refractivity contribution in [3.8, 4) is 16.9 Å². The Bertz CT molecular complexity index is 1320. The molecule has 1 aliphatic carbocycles. The maximum absolute atomic E-state index is 12.9. The number of alkyl halides is 2. The fraction of sp³-hybridized carbons (Fsp3) is 0.480. The number of imidazole rings is 1. The molecule has 5 rings (SSSR count). The van der Waals surface area contributed by atoms with Crippen LogP contribution in [0.5, 0.6) is 5.75 Å². The molecule has 9 heteroatoms. The Balaban J connectivity index is 1.75. The van der Waals surface area contributed by atoms with Crippen molar-refractivity contribution in [2.75, 3.05) is 13.7 Å². The predicted octanol–water partition coefficient (Wildman–Crippen LogP) is 6.32. The van der Waals surface area contributed by atoms with E-state index in [0.29, 0.717) is 17.4 Å². The van der Waals surface area contributed by atoms with Gasteiger partial charge >= 0.3 is 6.61 Å². The van der Waals surface area contributed by atoms with Gasteiger partial charge in [0.25, 0.3) is 0 Å². The molecule has 0 aliphatic heterocycles. The average molecular weight is 471 g/mol. The molecular formula is C25H28F2N4O3. The molecule has 0 bridgehead atoms. The number of fused-ring (bicyclic) bond motifs is 3. The number of pyridine rings is 1. The molecule has 0 amide bonds. The minimum absolute atomic E-state index is 0.110. The van der Waals surface area contributed by atoms with Gasteiger partial charge in [0.15, 0.2) is 0 Å². The normalized spacial score (nSPS) is 15.7. The topological polar surface area (TPSA) is 75.2 Å². The summed E-state index contributed by atoms with van der Waals surface area (Å²) in [7, 11) is 1.62. The van der Waals surface area contributed by atoms with Crippen LogP contribution in [0.1, 0.15) is 61.8 Å². The monoisotopic (exact) mass is 470 g/mol. The second-order valence-corrected chi connectivity index (χ2v) is 9.03. The Hall–Kier alpha value is -3.07. The second kappa shape index (κ2) is 8.94. The summed E-state index contributed by atoms with van der Waals surface area (Å²) in [5.41, 5.74) is 4.84. The third-order valence-electron chi connectivity index (χ3n) is 6.79. The highest BCUT2D eigenvalue weighted by Crippen LogP contribution is 2.42. The summed E-state index contributed by atoms with van der Waals surface area (Å²) in [6.45, 7) is 2.72.